The molecule has 0 aliphatic heterocycles. The van der Waals surface area contributed by atoms with Crippen molar-refractivity contribution in [2.45, 2.75) is 25.7 Å². The number of aromatic nitrogens is 1. The lowest BCUT2D eigenvalue weighted by Crippen LogP contribution is -2.14. The van der Waals surface area contributed by atoms with Gasteiger partial charge in [-0.2, -0.15) is 0 Å². The van der Waals surface area contributed by atoms with Crippen LogP contribution < -0.4 is 0 Å². The molecule has 1 aliphatic rings. The number of fused-ring (bicyclic) bond motifs is 2. The molecule has 0 fully saturated rings. The number of carbonyl (C=O) groups excluding carboxylic acids is 1. The number of rotatable bonds is 2. The number of hydrogen-bond donors (Lipinski definition) is 0. The van der Waals surface area contributed by atoms with E-state index in [0.29, 0.717) is 0 Å². The molecule has 3 aromatic rings. The molecule has 114 valence electrons. The van der Waals surface area contributed by atoms with Gasteiger partial charge in [0.1, 0.15) is 0 Å². The SMILES string of the molecule is O=C(c1ccc(Br)cc1)c1c2c(nc3ccccc13)CCCC2. The second kappa shape index (κ2) is 5.89. The van der Waals surface area contributed by atoms with E-state index in [1.54, 1.807) is 0 Å². The fraction of sp³-hybridized carbons (Fsp3) is 0.200. The van der Waals surface area contributed by atoms with Crippen LogP contribution in [0.15, 0.2) is 53.0 Å². The van der Waals surface area contributed by atoms with Gasteiger partial charge >= 0.3 is 0 Å². The number of hydrogen-bond acceptors (Lipinski definition) is 2. The molecule has 1 aliphatic carbocycles. The number of benzene rings is 2. The van der Waals surface area contributed by atoms with Crippen molar-refractivity contribution in [3.8, 4) is 0 Å². The monoisotopic (exact) mass is 365 g/mol. The number of aryl methyl sites for hydroxylation is 1. The quantitative estimate of drug-likeness (QED) is 0.590. The fourth-order valence-corrected chi connectivity index (χ4v) is 3.64. The summed E-state index contributed by atoms with van der Waals surface area (Å²) in [4.78, 5) is 18.0. The third kappa shape index (κ3) is 2.59. The van der Waals surface area contributed by atoms with E-state index in [1.165, 1.54) is 0 Å². The van der Waals surface area contributed by atoms with Gasteiger partial charge in [0.05, 0.1) is 5.52 Å². The summed E-state index contributed by atoms with van der Waals surface area (Å²) in [7, 11) is 0. The van der Waals surface area contributed by atoms with Gasteiger partial charge in [-0.1, -0.05) is 34.1 Å². The van der Waals surface area contributed by atoms with Crippen LogP contribution in [0.5, 0.6) is 0 Å². The Hall–Kier alpha value is -2.00. The maximum atomic E-state index is 13.2. The van der Waals surface area contributed by atoms with Crippen LogP contribution >= 0.6 is 15.9 Å². The largest absolute Gasteiger partial charge is 0.289 e. The Morgan fingerprint density at radius 2 is 1.70 bits per heavy atom. The molecule has 0 unspecified atom stereocenters. The molecule has 2 nitrogen and oxygen atoms in total. The zero-order valence-electron chi connectivity index (χ0n) is 12.7. The molecule has 0 N–H and O–H groups in total. The number of nitrogens with zero attached hydrogens (tertiary/aromatic N) is 1. The number of carbonyl (C=O) groups is 1. The van der Waals surface area contributed by atoms with Gasteiger partial charge in [-0.25, -0.2) is 0 Å². The van der Waals surface area contributed by atoms with Gasteiger partial charge in [-0.05, 0) is 61.6 Å². The van der Waals surface area contributed by atoms with Crippen LogP contribution in [0.1, 0.15) is 40.0 Å². The van der Waals surface area contributed by atoms with Crippen LogP contribution in [0.4, 0.5) is 0 Å². The van der Waals surface area contributed by atoms with Gasteiger partial charge in [0.15, 0.2) is 5.78 Å². The van der Waals surface area contributed by atoms with E-state index in [-0.39, 0.29) is 5.78 Å². The summed E-state index contributed by atoms with van der Waals surface area (Å²) in [6.45, 7) is 0. The summed E-state index contributed by atoms with van der Waals surface area (Å²) >= 11 is 3.43. The highest BCUT2D eigenvalue weighted by atomic mass is 79.9. The molecule has 0 saturated heterocycles. The average Bonchev–Trinajstić information content (AvgIpc) is 2.59. The van der Waals surface area contributed by atoms with E-state index in [2.05, 4.69) is 15.9 Å². The molecule has 0 radical (unpaired) electrons. The smallest absolute Gasteiger partial charge is 0.194 e. The number of ketones is 1. The van der Waals surface area contributed by atoms with E-state index in [9.17, 15) is 4.79 Å². The first-order valence-electron chi connectivity index (χ1n) is 7.95. The molecule has 2 aromatic carbocycles. The van der Waals surface area contributed by atoms with Gasteiger partial charge in [0.25, 0.3) is 0 Å². The van der Waals surface area contributed by atoms with Crippen molar-refractivity contribution in [2.24, 2.45) is 0 Å². The van der Waals surface area contributed by atoms with Crippen LogP contribution in [-0.4, -0.2) is 10.8 Å². The minimum absolute atomic E-state index is 0.106. The van der Waals surface area contributed by atoms with Gasteiger partial charge < -0.3 is 0 Å². The highest BCUT2D eigenvalue weighted by Gasteiger charge is 2.23. The normalized spacial score (nSPS) is 13.8. The Morgan fingerprint density at radius 1 is 0.957 bits per heavy atom. The second-order valence-corrected chi connectivity index (χ2v) is 6.89. The van der Waals surface area contributed by atoms with Crippen molar-refractivity contribution in [2.75, 3.05) is 0 Å². The first-order valence-corrected chi connectivity index (χ1v) is 8.74. The lowest BCUT2D eigenvalue weighted by Gasteiger charge is -2.20. The van der Waals surface area contributed by atoms with Gasteiger partial charge in [0.2, 0.25) is 0 Å². The first kappa shape index (κ1) is 14.6. The van der Waals surface area contributed by atoms with Crippen molar-refractivity contribution < 1.29 is 4.79 Å². The Labute approximate surface area is 143 Å². The molecule has 0 saturated carbocycles. The van der Waals surface area contributed by atoms with E-state index in [4.69, 9.17) is 4.98 Å². The fourth-order valence-electron chi connectivity index (χ4n) is 3.38. The van der Waals surface area contributed by atoms with Gasteiger partial charge in [-0.3, -0.25) is 9.78 Å². The minimum atomic E-state index is 0.106. The average molecular weight is 366 g/mol. The molecular weight excluding hydrogens is 350 g/mol. The standard InChI is InChI=1S/C20H16BrNO/c21-14-11-9-13(10-12-14)20(23)19-15-5-1-3-7-17(15)22-18-8-4-2-6-16(18)19/h1,3,5,7,9-12H,2,4,6,8H2. The topological polar surface area (TPSA) is 30.0 Å². The molecule has 1 aromatic heterocycles. The number of pyridine rings is 1. The van der Waals surface area contributed by atoms with Crippen molar-refractivity contribution >= 4 is 32.6 Å². The lowest BCUT2D eigenvalue weighted by atomic mass is 9.86. The third-order valence-corrected chi connectivity index (χ3v) is 5.03. The highest BCUT2D eigenvalue weighted by Crippen LogP contribution is 2.31. The van der Waals surface area contributed by atoms with E-state index >= 15 is 0 Å². The van der Waals surface area contributed by atoms with Crippen molar-refractivity contribution in [1.29, 1.82) is 0 Å². The predicted molar refractivity (Wildman–Crippen MR) is 96.0 cm³/mol. The zero-order valence-corrected chi connectivity index (χ0v) is 14.3. The summed E-state index contributed by atoms with van der Waals surface area (Å²) in [6.07, 6.45) is 4.21. The summed E-state index contributed by atoms with van der Waals surface area (Å²) in [6, 6.07) is 15.6. The molecule has 23 heavy (non-hydrogen) atoms. The van der Waals surface area contributed by atoms with Gasteiger partial charge in [-0.15, -0.1) is 0 Å². The number of para-hydroxylation sites is 1. The molecule has 0 atom stereocenters. The summed E-state index contributed by atoms with van der Waals surface area (Å²) in [5.74, 6) is 0.106. The van der Waals surface area contributed by atoms with Crippen molar-refractivity contribution in [3.63, 3.8) is 0 Å². The van der Waals surface area contributed by atoms with Crippen LogP contribution in [0.25, 0.3) is 10.9 Å². The minimum Gasteiger partial charge on any atom is -0.289 e. The molecule has 4 rings (SSSR count). The summed E-state index contributed by atoms with van der Waals surface area (Å²) in [5, 5.41) is 0.973. The van der Waals surface area contributed by atoms with E-state index in [1.807, 2.05) is 48.5 Å². The molecule has 1 heterocycles. The Morgan fingerprint density at radius 3 is 2.52 bits per heavy atom. The maximum Gasteiger partial charge on any atom is 0.194 e. The lowest BCUT2D eigenvalue weighted by molar-refractivity contribution is 0.103. The Kier molecular flexibility index (Phi) is 3.74. The number of halogens is 1. The third-order valence-electron chi connectivity index (χ3n) is 4.50. The second-order valence-electron chi connectivity index (χ2n) is 5.97. The van der Waals surface area contributed by atoms with Crippen molar-refractivity contribution in [1.82, 2.24) is 4.98 Å². The van der Waals surface area contributed by atoms with Crippen molar-refractivity contribution in [3.05, 3.63) is 75.4 Å². The maximum absolute atomic E-state index is 13.2. The molecule has 0 bridgehead atoms. The Bertz CT molecular complexity index is 899. The first-order chi connectivity index (χ1) is 11.2. The van der Waals surface area contributed by atoms with Crippen LogP contribution in [-0.2, 0) is 12.8 Å². The predicted octanol–water partition coefficient (Wildman–Crippen LogP) is 5.11. The summed E-state index contributed by atoms with van der Waals surface area (Å²) < 4.78 is 0.982. The van der Waals surface area contributed by atoms with E-state index in [0.717, 1.165) is 63.4 Å². The molecular formula is C20H16BrNO. The van der Waals surface area contributed by atoms with Crippen LogP contribution in [0.3, 0.4) is 0 Å². The highest BCUT2D eigenvalue weighted by molar-refractivity contribution is 9.10. The summed E-state index contributed by atoms with van der Waals surface area (Å²) in [5.41, 5.74) is 4.77. The molecule has 0 amide bonds. The Balaban J connectivity index is 1.97. The molecule has 0 spiro atoms. The van der Waals surface area contributed by atoms with Crippen LogP contribution in [0, 0.1) is 0 Å². The zero-order chi connectivity index (χ0) is 15.8. The van der Waals surface area contributed by atoms with Gasteiger partial charge in [0, 0.05) is 26.7 Å². The van der Waals surface area contributed by atoms with E-state index < -0.39 is 0 Å². The molecule has 3 heteroatoms. The van der Waals surface area contributed by atoms with Crippen LogP contribution in [0.2, 0.25) is 0 Å².